The quantitative estimate of drug-likeness (QED) is 0.373. The second kappa shape index (κ2) is 10.6. The monoisotopic (exact) mass is 480 g/mol. The summed E-state index contributed by atoms with van der Waals surface area (Å²) in [5.74, 6) is 1.70. The van der Waals surface area contributed by atoms with Crippen molar-refractivity contribution in [2.75, 3.05) is 13.1 Å². The molecule has 8 heteroatoms. The lowest BCUT2D eigenvalue weighted by Gasteiger charge is -2.11. The molecule has 0 aliphatic rings. The highest BCUT2D eigenvalue weighted by molar-refractivity contribution is 14.0. The Morgan fingerprint density at radius 2 is 2.08 bits per heavy atom. The van der Waals surface area contributed by atoms with Crippen LogP contribution >= 0.6 is 35.6 Å². The zero-order chi connectivity index (χ0) is 17.5. The summed E-state index contributed by atoms with van der Waals surface area (Å²) >= 11 is 6.03. The summed E-state index contributed by atoms with van der Waals surface area (Å²) in [5, 5.41) is 6.73. The summed E-state index contributed by atoms with van der Waals surface area (Å²) in [4.78, 5) is 8.72. The molecule has 1 heterocycles. The van der Waals surface area contributed by atoms with Crippen LogP contribution in [0, 0.1) is 19.7 Å². The van der Waals surface area contributed by atoms with Gasteiger partial charge in [0.25, 0.3) is 0 Å². The summed E-state index contributed by atoms with van der Waals surface area (Å²) in [6.07, 6.45) is 0.465. The van der Waals surface area contributed by atoms with Crippen LogP contribution in [0.15, 0.2) is 27.6 Å². The first-order chi connectivity index (χ1) is 11.5. The highest BCUT2D eigenvalue weighted by atomic mass is 127. The fourth-order valence-electron chi connectivity index (χ4n) is 2.17. The van der Waals surface area contributed by atoms with E-state index in [1.807, 2.05) is 20.8 Å². The van der Waals surface area contributed by atoms with Gasteiger partial charge in [0, 0.05) is 23.7 Å². The fraction of sp³-hybridized carbons (Fsp3) is 0.412. The van der Waals surface area contributed by atoms with Gasteiger partial charge in [0.15, 0.2) is 5.96 Å². The Hall–Kier alpha value is -1.35. The van der Waals surface area contributed by atoms with E-state index in [9.17, 15) is 4.39 Å². The topological polar surface area (TPSA) is 62.5 Å². The van der Waals surface area contributed by atoms with Crippen molar-refractivity contribution in [2.24, 2.45) is 4.99 Å². The SMILES string of the molecule is CCNC(=NCc1nc(C)c(C)o1)NCCc1c(F)cccc1Cl.I. The number of oxazole rings is 1. The Balaban J connectivity index is 0.00000312. The van der Waals surface area contributed by atoms with Crippen LogP contribution in [0.4, 0.5) is 4.39 Å². The van der Waals surface area contributed by atoms with Crippen molar-refractivity contribution in [1.82, 2.24) is 15.6 Å². The van der Waals surface area contributed by atoms with Gasteiger partial charge in [-0.2, -0.15) is 0 Å². The van der Waals surface area contributed by atoms with E-state index in [-0.39, 0.29) is 29.8 Å². The minimum absolute atomic E-state index is 0. The van der Waals surface area contributed by atoms with Crippen LogP contribution in [0.5, 0.6) is 0 Å². The van der Waals surface area contributed by atoms with Gasteiger partial charge in [-0.1, -0.05) is 17.7 Å². The zero-order valence-electron chi connectivity index (χ0n) is 14.5. The largest absolute Gasteiger partial charge is 0.444 e. The van der Waals surface area contributed by atoms with E-state index in [2.05, 4.69) is 20.6 Å². The Morgan fingerprint density at radius 1 is 1.32 bits per heavy atom. The maximum absolute atomic E-state index is 13.8. The Labute approximate surface area is 169 Å². The Bertz CT molecular complexity index is 681. The normalized spacial score (nSPS) is 11.2. The lowest BCUT2D eigenvalue weighted by atomic mass is 10.1. The van der Waals surface area contributed by atoms with E-state index in [4.69, 9.17) is 16.0 Å². The molecule has 138 valence electrons. The number of nitrogens with zero attached hydrogens (tertiary/aromatic N) is 2. The van der Waals surface area contributed by atoms with E-state index in [0.717, 1.165) is 18.0 Å². The van der Waals surface area contributed by atoms with Gasteiger partial charge < -0.3 is 15.1 Å². The van der Waals surface area contributed by atoms with Crippen molar-refractivity contribution >= 4 is 41.5 Å². The van der Waals surface area contributed by atoms with Crippen molar-refractivity contribution in [3.63, 3.8) is 0 Å². The molecule has 0 amide bonds. The van der Waals surface area contributed by atoms with Crippen LogP contribution in [0.25, 0.3) is 0 Å². The number of rotatable bonds is 6. The first kappa shape index (κ1) is 21.7. The molecule has 0 fully saturated rings. The summed E-state index contributed by atoms with van der Waals surface area (Å²) in [5.41, 5.74) is 1.37. The number of benzene rings is 1. The number of aliphatic imine (C=N–C) groups is 1. The molecule has 0 aliphatic heterocycles. The minimum Gasteiger partial charge on any atom is -0.444 e. The van der Waals surface area contributed by atoms with E-state index in [1.165, 1.54) is 6.07 Å². The molecular formula is C17H23ClFIN4O. The number of guanidine groups is 1. The molecule has 2 rings (SSSR count). The first-order valence-corrected chi connectivity index (χ1v) is 8.27. The smallest absolute Gasteiger partial charge is 0.216 e. The first-order valence-electron chi connectivity index (χ1n) is 7.89. The van der Waals surface area contributed by atoms with Crippen LogP contribution in [0.1, 0.15) is 29.8 Å². The molecule has 0 spiro atoms. The van der Waals surface area contributed by atoms with E-state index >= 15 is 0 Å². The zero-order valence-corrected chi connectivity index (χ0v) is 17.6. The van der Waals surface area contributed by atoms with Gasteiger partial charge in [-0.05, 0) is 39.3 Å². The minimum atomic E-state index is -0.294. The molecule has 0 saturated carbocycles. The van der Waals surface area contributed by atoms with Crippen molar-refractivity contribution in [3.05, 3.63) is 51.9 Å². The van der Waals surface area contributed by atoms with Gasteiger partial charge in [0.2, 0.25) is 5.89 Å². The Kier molecular flexibility index (Phi) is 9.20. The molecule has 1 aromatic carbocycles. The molecule has 0 unspecified atom stereocenters. The molecule has 0 atom stereocenters. The lowest BCUT2D eigenvalue weighted by molar-refractivity contribution is 0.473. The standard InChI is InChI=1S/C17H22ClFN4O.HI/c1-4-20-17(22-10-16-23-11(2)12(3)24-16)21-9-8-13-14(18)6-5-7-15(13)19;/h5-7H,4,8-10H2,1-3H3,(H2,20,21,22);1H. The average molecular weight is 481 g/mol. The van der Waals surface area contributed by atoms with Gasteiger partial charge in [0.05, 0.1) is 5.69 Å². The molecule has 0 radical (unpaired) electrons. The molecule has 25 heavy (non-hydrogen) atoms. The molecule has 0 aliphatic carbocycles. The van der Waals surface area contributed by atoms with Gasteiger partial charge in [-0.25, -0.2) is 14.4 Å². The summed E-state index contributed by atoms with van der Waals surface area (Å²) in [6.45, 7) is 7.31. The maximum Gasteiger partial charge on any atom is 0.216 e. The molecule has 0 bridgehead atoms. The summed E-state index contributed by atoms with van der Waals surface area (Å²) in [6, 6.07) is 4.70. The van der Waals surface area contributed by atoms with Crippen LogP contribution < -0.4 is 10.6 Å². The van der Waals surface area contributed by atoms with Crippen molar-refractivity contribution in [3.8, 4) is 0 Å². The number of halogens is 3. The second-order valence-corrected chi connectivity index (χ2v) is 5.73. The molecular weight excluding hydrogens is 458 g/mol. The van der Waals surface area contributed by atoms with Gasteiger partial charge in [0.1, 0.15) is 18.1 Å². The summed E-state index contributed by atoms with van der Waals surface area (Å²) in [7, 11) is 0. The van der Waals surface area contributed by atoms with Gasteiger partial charge >= 0.3 is 0 Å². The third-order valence-electron chi connectivity index (χ3n) is 3.52. The number of aromatic nitrogens is 1. The average Bonchev–Trinajstić information content (AvgIpc) is 2.86. The maximum atomic E-state index is 13.8. The number of hydrogen-bond acceptors (Lipinski definition) is 3. The van der Waals surface area contributed by atoms with Gasteiger partial charge in [-0.3, -0.25) is 0 Å². The molecule has 5 nitrogen and oxygen atoms in total. The molecule has 2 aromatic rings. The predicted octanol–water partition coefficient (Wildman–Crippen LogP) is 4.00. The van der Waals surface area contributed by atoms with Crippen LogP contribution in [0.2, 0.25) is 5.02 Å². The summed E-state index contributed by atoms with van der Waals surface area (Å²) < 4.78 is 19.3. The Morgan fingerprint density at radius 3 is 2.68 bits per heavy atom. The third kappa shape index (κ3) is 6.47. The van der Waals surface area contributed by atoms with E-state index in [1.54, 1.807) is 12.1 Å². The van der Waals surface area contributed by atoms with Crippen molar-refractivity contribution in [2.45, 2.75) is 33.7 Å². The second-order valence-electron chi connectivity index (χ2n) is 5.32. The number of nitrogens with one attached hydrogen (secondary N) is 2. The molecule has 2 N–H and O–H groups in total. The van der Waals surface area contributed by atoms with Crippen molar-refractivity contribution < 1.29 is 8.81 Å². The highest BCUT2D eigenvalue weighted by Crippen LogP contribution is 2.18. The predicted molar refractivity (Wildman–Crippen MR) is 109 cm³/mol. The number of hydrogen-bond donors (Lipinski definition) is 2. The molecule has 0 saturated heterocycles. The van der Waals surface area contributed by atoms with Crippen LogP contribution in [-0.4, -0.2) is 24.0 Å². The highest BCUT2D eigenvalue weighted by Gasteiger charge is 2.08. The lowest BCUT2D eigenvalue weighted by Crippen LogP contribution is -2.38. The van der Waals surface area contributed by atoms with E-state index < -0.39 is 0 Å². The van der Waals surface area contributed by atoms with Gasteiger partial charge in [-0.15, -0.1) is 24.0 Å². The molecule has 1 aromatic heterocycles. The fourth-order valence-corrected chi connectivity index (χ4v) is 2.43. The third-order valence-corrected chi connectivity index (χ3v) is 3.87. The van der Waals surface area contributed by atoms with Crippen LogP contribution in [0.3, 0.4) is 0 Å². The van der Waals surface area contributed by atoms with Crippen molar-refractivity contribution in [1.29, 1.82) is 0 Å². The van der Waals surface area contributed by atoms with E-state index in [0.29, 0.717) is 41.9 Å². The number of aryl methyl sites for hydroxylation is 2. The van der Waals surface area contributed by atoms with Crippen LogP contribution in [-0.2, 0) is 13.0 Å².